The zero-order valence-corrected chi connectivity index (χ0v) is 9.26. The highest BCUT2D eigenvalue weighted by molar-refractivity contribution is 5.50. The molecular formula is C12H16FNO2. The van der Waals surface area contributed by atoms with Crippen molar-refractivity contribution in [2.75, 3.05) is 0 Å². The number of hydrogen-bond donors (Lipinski definition) is 3. The Hall–Kier alpha value is -1.29. The van der Waals surface area contributed by atoms with Gasteiger partial charge in [0, 0.05) is 11.1 Å². The van der Waals surface area contributed by atoms with Crippen LogP contribution in [0.3, 0.4) is 0 Å². The third-order valence-electron chi connectivity index (χ3n) is 3.44. The van der Waals surface area contributed by atoms with E-state index in [1.165, 1.54) is 6.07 Å². The molecule has 3 nitrogen and oxygen atoms in total. The van der Waals surface area contributed by atoms with Gasteiger partial charge in [0.25, 0.3) is 0 Å². The number of nitrogens with two attached hydrogens (primary N) is 1. The van der Waals surface area contributed by atoms with Crippen LogP contribution in [0.5, 0.6) is 11.5 Å². The molecule has 0 bridgehead atoms. The molecule has 88 valence electrons. The van der Waals surface area contributed by atoms with E-state index in [1.54, 1.807) is 6.92 Å². The number of rotatable bonds is 1. The summed E-state index contributed by atoms with van der Waals surface area (Å²) in [4.78, 5) is 0. The van der Waals surface area contributed by atoms with Crippen LogP contribution < -0.4 is 5.73 Å². The summed E-state index contributed by atoms with van der Waals surface area (Å²) in [6.45, 7) is 1.62. The maximum absolute atomic E-state index is 13.8. The summed E-state index contributed by atoms with van der Waals surface area (Å²) in [6.07, 6.45) is 3.37. The van der Waals surface area contributed by atoms with Crippen LogP contribution in [0.1, 0.15) is 36.8 Å². The lowest BCUT2D eigenvalue weighted by atomic mass is 9.87. The van der Waals surface area contributed by atoms with Crippen molar-refractivity contribution < 1.29 is 14.6 Å². The van der Waals surface area contributed by atoms with Gasteiger partial charge in [0.1, 0.15) is 0 Å². The minimum absolute atomic E-state index is 0.317. The molecule has 0 aromatic heterocycles. The number of benzene rings is 1. The van der Waals surface area contributed by atoms with Crippen LogP contribution in [-0.4, -0.2) is 10.2 Å². The van der Waals surface area contributed by atoms with Crippen LogP contribution in [-0.2, 0) is 5.54 Å². The number of halogens is 1. The fraction of sp³-hybridized carbons (Fsp3) is 0.500. The largest absolute Gasteiger partial charge is 0.504 e. The molecule has 0 heterocycles. The maximum atomic E-state index is 13.8. The molecule has 0 unspecified atom stereocenters. The number of phenols is 2. The van der Waals surface area contributed by atoms with E-state index in [9.17, 15) is 14.6 Å². The molecule has 0 amide bonds. The first-order valence-electron chi connectivity index (χ1n) is 5.46. The predicted molar refractivity (Wildman–Crippen MR) is 58.8 cm³/mol. The molecular weight excluding hydrogens is 209 g/mol. The maximum Gasteiger partial charge on any atom is 0.194 e. The molecule has 1 fully saturated rings. The molecule has 1 aromatic rings. The second-order valence-corrected chi connectivity index (χ2v) is 4.62. The molecule has 1 aromatic carbocycles. The zero-order chi connectivity index (χ0) is 11.9. The summed E-state index contributed by atoms with van der Waals surface area (Å²) in [5.74, 6) is -1.87. The zero-order valence-electron chi connectivity index (χ0n) is 9.26. The number of phenolic OH excluding ortho intramolecular Hbond substituents is 2. The van der Waals surface area contributed by atoms with Gasteiger partial charge < -0.3 is 15.9 Å². The average molecular weight is 225 g/mol. The molecule has 1 aliphatic carbocycles. The summed E-state index contributed by atoms with van der Waals surface area (Å²) in [5.41, 5.74) is 6.21. The van der Waals surface area contributed by atoms with Crippen molar-refractivity contribution in [2.45, 2.75) is 38.1 Å². The SMILES string of the molecule is Cc1cc(C2(N)CCCC2)c(F)c(O)c1O. The molecule has 0 spiro atoms. The molecule has 16 heavy (non-hydrogen) atoms. The Morgan fingerprint density at radius 3 is 2.38 bits per heavy atom. The molecule has 4 N–H and O–H groups in total. The van der Waals surface area contributed by atoms with E-state index in [0.29, 0.717) is 24.0 Å². The highest BCUT2D eigenvalue weighted by Crippen LogP contribution is 2.43. The second kappa shape index (κ2) is 3.63. The fourth-order valence-corrected chi connectivity index (χ4v) is 2.40. The van der Waals surface area contributed by atoms with Gasteiger partial charge in [0.05, 0.1) is 0 Å². The predicted octanol–water partition coefficient (Wildman–Crippen LogP) is 2.27. The normalized spacial score (nSPS) is 18.9. The first kappa shape index (κ1) is 11.2. The van der Waals surface area contributed by atoms with E-state index in [4.69, 9.17) is 5.73 Å². The van der Waals surface area contributed by atoms with Crippen molar-refractivity contribution in [3.8, 4) is 11.5 Å². The van der Waals surface area contributed by atoms with Gasteiger partial charge in [-0.05, 0) is 31.4 Å². The van der Waals surface area contributed by atoms with Gasteiger partial charge in [-0.15, -0.1) is 0 Å². The van der Waals surface area contributed by atoms with Crippen LogP contribution >= 0.6 is 0 Å². The Labute approximate surface area is 93.7 Å². The van der Waals surface area contributed by atoms with E-state index in [1.807, 2.05) is 0 Å². The standard InChI is InChI=1S/C12H16FNO2/c1-7-6-8(9(13)11(16)10(7)15)12(14)4-2-3-5-12/h6,15-16H,2-5,14H2,1H3. The fourth-order valence-electron chi connectivity index (χ4n) is 2.40. The molecule has 0 radical (unpaired) electrons. The lowest BCUT2D eigenvalue weighted by molar-refractivity contribution is 0.359. The van der Waals surface area contributed by atoms with Gasteiger partial charge in [-0.3, -0.25) is 0 Å². The van der Waals surface area contributed by atoms with Crippen molar-refractivity contribution >= 4 is 0 Å². The molecule has 0 aliphatic heterocycles. The van der Waals surface area contributed by atoms with Crippen LogP contribution in [0.4, 0.5) is 4.39 Å². The summed E-state index contributed by atoms with van der Waals surface area (Å²) in [5, 5.41) is 18.9. The van der Waals surface area contributed by atoms with Gasteiger partial charge in [0.15, 0.2) is 17.3 Å². The van der Waals surface area contributed by atoms with Crippen molar-refractivity contribution in [1.82, 2.24) is 0 Å². The highest BCUT2D eigenvalue weighted by atomic mass is 19.1. The highest BCUT2D eigenvalue weighted by Gasteiger charge is 2.35. The Bertz CT molecular complexity index is 426. The first-order valence-corrected chi connectivity index (χ1v) is 5.46. The lowest BCUT2D eigenvalue weighted by Gasteiger charge is -2.25. The van der Waals surface area contributed by atoms with E-state index < -0.39 is 22.9 Å². The summed E-state index contributed by atoms with van der Waals surface area (Å²) >= 11 is 0. The minimum atomic E-state index is -0.785. The molecule has 0 saturated heterocycles. The van der Waals surface area contributed by atoms with Crippen LogP contribution in [0.2, 0.25) is 0 Å². The molecule has 0 atom stereocenters. The van der Waals surface area contributed by atoms with Gasteiger partial charge in [-0.25, -0.2) is 4.39 Å². The second-order valence-electron chi connectivity index (χ2n) is 4.62. The van der Waals surface area contributed by atoms with Crippen LogP contribution in [0.15, 0.2) is 6.07 Å². The molecule has 1 aliphatic rings. The van der Waals surface area contributed by atoms with Gasteiger partial charge in [0.2, 0.25) is 0 Å². The quantitative estimate of drug-likeness (QED) is 0.642. The van der Waals surface area contributed by atoms with Gasteiger partial charge in [-0.2, -0.15) is 0 Å². The van der Waals surface area contributed by atoms with Gasteiger partial charge >= 0.3 is 0 Å². The van der Waals surface area contributed by atoms with Crippen LogP contribution in [0, 0.1) is 12.7 Å². The van der Waals surface area contributed by atoms with Crippen molar-refractivity contribution in [2.24, 2.45) is 5.73 Å². The van der Waals surface area contributed by atoms with E-state index >= 15 is 0 Å². The minimum Gasteiger partial charge on any atom is -0.504 e. The molecule has 1 saturated carbocycles. The average Bonchev–Trinajstić information content (AvgIpc) is 2.68. The number of aryl methyl sites for hydroxylation is 1. The molecule has 4 heteroatoms. The summed E-state index contributed by atoms with van der Waals surface area (Å²) < 4.78 is 13.8. The first-order chi connectivity index (χ1) is 7.46. The Morgan fingerprint density at radius 2 is 1.81 bits per heavy atom. The Balaban J connectivity index is 2.57. The smallest absolute Gasteiger partial charge is 0.194 e. The number of hydrogen-bond acceptors (Lipinski definition) is 3. The Kier molecular flexibility index (Phi) is 2.54. The van der Waals surface area contributed by atoms with Crippen molar-refractivity contribution in [3.63, 3.8) is 0 Å². The summed E-state index contributed by atoms with van der Waals surface area (Å²) in [7, 11) is 0. The third-order valence-corrected chi connectivity index (χ3v) is 3.44. The Morgan fingerprint density at radius 1 is 1.25 bits per heavy atom. The van der Waals surface area contributed by atoms with E-state index in [-0.39, 0.29) is 0 Å². The molecule has 2 rings (SSSR count). The topological polar surface area (TPSA) is 66.5 Å². The van der Waals surface area contributed by atoms with Gasteiger partial charge in [-0.1, -0.05) is 12.8 Å². The summed E-state index contributed by atoms with van der Waals surface area (Å²) in [6, 6.07) is 1.54. The van der Waals surface area contributed by atoms with Crippen molar-refractivity contribution in [3.05, 3.63) is 23.0 Å². The van der Waals surface area contributed by atoms with Crippen molar-refractivity contribution in [1.29, 1.82) is 0 Å². The van der Waals surface area contributed by atoms with E-state index in [0.717, 1.165) is 12.8 Å². The van der Waals surface area contributed by atoms with Crippen LogP contribution in [0.25, 0.3) is 0 Å². The monoisotopic (exact) mass is 225 g/mol. The lowest BCUT2D eigenvalue weighted by Crippen LogP contribution is -2.34. The van der Waals surface area contributed by atoms with E-state index in [2.05, 4.69) is 0 Å². The number of aromatic hydroxyl groups is 2. The third kappa shape index (κ3) is 1.53.